The lowest BCUT2D eigenvalue weighted by Gasteiger charge is -2.28. The number of carbonyl (C=O) groups excluding carboxylic acids is 2. The van der Waals surface area contributed by atoms with Crippen LogP contribution in [0.15, 0.2) is 84.1 Å². The zero-order chi connectivity index (χ0) is 28.8. The summed E-state index contributed by atoms with van der Waals surface area (Å²) in [4.78, 5) is 30.8. The molecule has 3 aromatic carbocycles. The van der Waals surface area contributed by atoms with Gasteiger partial charge in [-0.2, -0.15) is 5.26 Å². The Labute approximate surface area is 247 Å². The van der Waals surface area contributed by atoms with Crippen LogP contribution in [0.5, 0.6) is 0 Å². The Morgan fingerprint density at radius 2 is 1.88 bits per heavy atom. The van der Waals surface area contributed by atoms with Gasteiger partial charge in [0.1, 0.15) is 6.04 Å². The summed E-state index contributed by atoms with van der Waals surface area (Å²) in [5.41, 5.74) is 10.8. The first kappa shape index (κ1) is 28.4. The highest BCUT2D eigenvalue weighted by molar-refractivity contribution is 7.99. The average molecular weight is 585 g/mol. The van der Waals surface area contributed by atoms with Crippen LogP contribution in [0.2, 0.25) is 5.02 Å². The lowest BCUT2D eigenvalue weighted by atomic mass is 9.99. The van der Waals surface area contributed by atoms with Crippen LogP contribution in [-0.2, 0) is 24.3 Å². The van der Waals surface area contributed by atoms with Crippen molar-refractivity contribution < 1.29 is 9.59 Å². The molecule has 4 N–H and O–H groups in total. The highest BCUT2D eigenvalue weighted by atomic mass is 35.5. The van der Waals surface area contributed by atoms with Gasteiger partial charge in [0, 0.05) is 41.7 Å². The summed E-state index contributed by atoms with van der Waals surface area (Å²) in [5.74, 6) is -0.0695. The number of nitrogens with zero attached hydrogens (tertiary/aromatic N) is 3. The molecule has 1 aromatic heterocycles. The first-order chi connectivity index (χ1) is 19.9. The molecule has 5 rings (SSSR count). The van der Waals surface area contributed by atoms with Crippen molar-refractivity contribution in [3.8, 4) is 6.07 Å². The number of rotatable bonds is 10. The number of nitriles is 1. The molecule has 0 spiro atoms. The van der Waals surface area contributed by atoms with Crippen LogP contribution < -0.4 is 16.4 Å². The molecule has 0 saturated carbocycles. The van der Waals surface area contributed by atoms with Gasteiger partial charge in [0.25, 0.3) is 5.91 Å². The first-order valence-electron chi connectivity index (χ1n) is 13.2. The molecule has 10 heteroatoms. The Kier molecular flexibility index (Phi) is 9.04. The second-order valence-corrected chi connectivity index (χ2v) is 11.4. The van der Waals surface area contributed by atoms with Gasteiger partial charge in [-0.15, -0.1) is 11.8 Å². The summed E-state index contributed by atoms with van der Waals surface area (Å²) in [6.45, 7) is 1.26. The fourth-order valence-corrected chi connectivity index (χ4v) is 6.25. The lowest BCUT2D eigenvalue weighted by molar-refractivity contribution is -0.119. The second-order valence-electron chi connectivity index (χ2n) is 9.88. The molecule has 0 aliphatic carbocycles. The summed E-state index contributed by atoms with van der Waals surface area (Å²) < 4.78 is 2.08. The normalized spacial score (nSPS) is 15.0. The topological polar surface area (TPSA) is 126 Å². The zero-order valence-electron chi connectivity index (χ0n) is 22.2. The number of hydrogen-bond acceptors (Lipinski definition) is 6. The quantitative estimate of drug-likeness (QED) is 0.250. The third-order valence-corrected chi connectivity index (χ3v) is 8.52. The molecule has 0 radical (unpaired) electrons. The van der Waals surface area contributed by atoms with Gasteiger partial charge in [-0.3, -0.25) is 9.59 Å². The van der Waals surface area contributed by atoms with Crippen molar-refractivity contribution in [3.63, 3.8) is 0 Å². The van der Waals surface area contributed by atoms with E-state index in [-0.39, 0.29) is 18.4 Å². The smallest absolute Gasteiger partial charge is 0.253 e. The van der Waals surface area contributed by atoms with Crippen LogP contribution in [0.25, 0.3) is 0 Å². The lowest BCUT2D eigenvalue weighted by Crippen LogP contribution is -2.46. The number of benzene rings is 3. The van der Waals surface area contributed by atoms with Crippen molar-refractivity contribution in [2.45, 2.75) is 42.9 Å². The Morgan fingerprint density at radius 1 is 1.12 bits per heavy atom. The number of fused-ring (bicyclic) bond motifs is 1. The minimum atomic E-state index is -0.849. The number of amides is 2. The Bertz CT molecular complexity index is 1580. The molecule has 0 saturated heterocycles. The number of imidazole rings is 1. The van der Waals surface area contributed by atoms with E-state index in [1.807, 2.05) is 61.1 Å². The number of primary amides is 1. The number of hydrogen-bond donors (Lipinski definition) is 3. The SMILES string of the molecule is N#Cc1ccc(Cn2cncc2CNC2CCSc3c(C(=O)N[C@@H](Cc4ccc(Cl)cc4)C(N)=O)cccc32)cc1. The highest BCUT2D eigenvalue weighted by Crippen LogP contribution is 2.38. The number of thioether (sulfide) groups is 1. The van der Waals surface area contributed by atoms with E-state index in [2.05, 4.69) is 26.3 Å². The van der Waals surface area contributed by atoms with Gasteiger partial charge >= 0.3 is 0 Å². The van der Waals surface area contributed by atoms with E-state index in [1.54, 1.807) is 30.0 Å². The van der Waals surface area contributed by atoms with Crippen LogP contribution in [-0.4, -0.2) is 33.2 Å². The molecule has 1 aliphatic rings. The Balaban J connectivity index is 1.27. The summed E-state index contributed by atoms with van der Waals surface area (Å²) >= 11 is 7.62. The molecule has 8 nitrogen and oxygen atoms in total. The van der Waals surface area contributed by atoms with E-state index >= 15 is 0 Å². The van der Waals surface area contributed by atoms with Gasteiger partial charge in [0.05, 0.1) is 29.2 Å². The third kappa shape index (κ3) is 6.98. The predicted molar refractivity (Wildman–Crippen MR) is 159 cm³/mol. The summed E-state index contributed by atoms with van der Waals surface area (Å²) in [7, 11) is 0. The molecular weight excluding hydrogens is 556 g/mol. The van der Waals surface area contributed by atoms with Crippen molar-refractivity contribution in [2.24, 2.45) is 5.73 Å². The Morgan fingerprint density at radius 3 is 2.61 bits per heavy atom. The number of carbonyl (C=O) groups is 2. The molecule has 1 unspecified atom stereocenters. The zero-order valence-corrected chi connectivity index (χ0v) is 23.8. The van der Waals surface area contributed by atoms with E-state index < -0.39 is 11.9 Å². The van der Waals surface area contributed by atoms with Gasteiger partial charge in [0.15, 0.2) is 0 Å². The van der Waals surface area contributed by atoms with E-state index in [9.17, 15) is 9.59 Å². The fourth-order valence-electron chi connectivity index (χ4n) is 4.88. The molecule has 4 aromatic rings. The summed E-state index contributed by atoms with van der Waals surface area (Å²) in [6, 6.07) is 21.7. The number of nitrogens with one attached hydrogen (secondary N) is 2. The van der Waals surface area contributed by atoms with E-state index in [0.717, 1.165) is 39.5 Å². The van der Waals surface area contributed by atoms with Gasteiger partial charge in [-0.05, 0) is 59.2 Å². The van der Waals surface area contributed by atoms with Crippen molar-refractivity contribution >= 4 is 35.2 Å². The number of aromatic nitrogens is 2. The molecule has 208 valence electrons. The van der Waals surface area contributed by atoms with E-state index in [4.69, 9.17) is 22.6 Å². The molecular formula is C31H29ClN6O2S. The predicted octanol–water partition coefficient (Wildman–Crippen LogP) is 4.61. The maximum absolute atomic E-state index is 13.4. The van der Waals surface area contributed by atoms with Crippen LogP contribution in [0.1, 0.15) is 50.8 Å². The molecule has 2 amide bonds. The second kappa shape index (κ2) is 13.0. The molecule has 0 bridgehead atoms. The molecule has 1 aliphatic heterocycles. The maximum Gasteiger partial charge on any atom is 0.253 e. The number of nitrogens with two attached hydrogens (primary N) is 1. The van der Waals surface area contributed by atoms with Crippen LogP contribution in [0.3, 0.4) is 0 Å². The largest absolute Gasteiger partial charge is 0.368 e. The first-order valence-corrected chi connectivity index (χ1v) is 14.6. The maximum atomic E-state index is 13.4. The van der Waals surface area contributed by atoms with Crippen molar-refractivity contribution in [1.29, 1.82) is 5.26 Å². The number of halogens is 1. The van der Waals surface area contributed by atoms with Gasteiger partial charge in [-0.25, -0.2) is 4.98 Å². The van der Waals surface area contributed by atoms with E-state index in [0.29, 0.717) is 29.2 Å². The summed E-state index contributed by atoms with van der Waals surface area (Å²) in [5, 5.41) is 16.1. The summed E-state index contributed by atoms with van der Waals surface area (Å²) in [6.07, 6.45) is 4.85. The molecule has 2 atom stereocenters. The minimum Gasteiger partial charge on any atom is -0.368 e. The third-order valence-electron chi connectivity index (χ3n) is 7.08. The van der Waals surface area contributed by atoms with E-state index in [1.165, 1.54) is 0 Å². The van der Waals surface area contributed by atoms with Crippen molar-refractivity contribution in [3.05, 3.63) is 118 Å². The monoisotopic (exact) mass is 584 g/mol. The minimum absolute atomic E-state index is 0.0540. The van der Waals surface area contributed by atoms with Crippen molar-refractivity contribution in [2.75, 3.05) is 5.75 Å². The molecule has 41 heavy (non-hydrogen) atoms. The molecule has 2 heterocycles. The van der Waals surface area contributed by atoms with Gasteiger partial charge < -0.3 is 20.9 Å². The fraction of sp³-hybridized carbons (Fsp3) is 0.226. The average Bonchev–Trinajstić information content (AvgIpc) is 3.43. The van der Waals surface area contributed by atoms with Crippen molar-refractivity contribution in [1.82, 2.24) is 20.2 Å². The van der Waals surface area contributed by atoms with Crippen LogP contribution >= 0.6 is 23.4 Å². The van der Waals surface area contributed by atoms with Crippen LogP contribution in [0.4, 0.5) is 0 Å². The van der Waals surface area contributed by atoms with Gasteiger partial charge in [0.2, 0.25) is 5.91 Å². The molecule has 0 fully saturated rings. The highest BCUT2D eigenvalue weighted by Gasteiger charge is 2.27. The van der Waals surface area contributed by atoms with Gasteiger partial charge in [-0.1, -0.05) is 48.0 Å². The Hall–Kier alpha value is -4.10. The standard InChI is InChI=1S/C31H29ClN6O2S/c32-23-10-8-20(9-11-23)14-28(30(34)39)37-31(40)26-3-1-2-25-27(12-13-41-29(25)26)36-17-24-16-35-19-38(24)18-22-6-4-21(15-33)5-7-22/h1-11,16,19,27-28,36H,12-14,17-18H2,(H2,34,39)(H,37,40)/t27?,28-/m0/s1. The van der Waals surface area contributed by atoms with Crippen LogP contribution in [0, 0.1) is 11.3 Å².